The highest BCUT2D eigenvalue weighted by atomic mass is 35.5. The molecule has 0 saturated heterocycles. The second-order valence-corrected chi connectivity index (χ2v) is 6.35. The molecule has 0 atom stereocenters. The second kappa shape index (κ2) is 9.32. The summed E-state index contributed by atoms with van der Waals surface area (Å²) in [6.07, 6.45) is 2.36. The summed E-state index contributed by atoms with van der Waals surface area (Å²) < 4.78 is 21.9. The number of carbonyl (C=O) groups is 1. The van der Waals surface area contributed by atoms with Crippen LogP contribution in [-0.2, 0) is 0 Å². The van der Waals surface area contributed by atoms with Crippen molar-refractivity contribution in [2.75, 3.05) is 26.9 Å². The van der Waals surface area contributed by atoms with Crippen LogP contribution in [0.1, 0.15) is 29.3 Å². The van der Waals surface area contributed by atoms with Crippen molar-refractivity contribution in [3.05, 3.63) is 46.5 Å². The predicted molar refractivity (Wildman–Crippen MR) is 106 cm³/mol. The Morgan fingerprint density at radius 3 is 2.86 bits per heavy atom. The Bertz CT molecular complexity index is 885. The monoisotopic (exact) mass is 404 g/mol. The van der Waals surface area contributed by atoms with Gasteiger partial charge in [-0.15, -0.1) is 0 Å². The van der Waals surface area contributed by atoms with Crippen molar-refractivity contribution in [1.29, 1.82) is 0 Å². The van der Waals surface area contributed by atoms with Gasteiger partial charge in [-0.3, -0.25) is 4.79 Å². The van der Waals surface area contributed by atoms with Crippen LogP contribution in [0.25, 0.3) is 0 Å². The molecular formula is C20H21ClN2O5. The smallest absolute Gasteiger partial charge is 0.271 e. The maximum absolute atomic E-state index is 12.3. The lowest BCUT2D eigenvalue weighted by Crippen LogP contribution is -2.18. The molecule has 2 aromatic rings. The van der Waals surface area contributed by atoms with Crippen molar-refractivity contribution < 1.29 is 23.7 Å². The Labute approximate surface area is 168 Å². The Morgan fingerprint density at radius 2 is 2.07 bits per heavy atom. The van der Waals surface area contributed by atoms with E-state index in [0.29, 0.717) is 59.0 Å². The molecular weight excluding hydrogens is 384 g/mol. The highest BCUT2D eigenvalue weighted by molar-refractivity contribution is 6.32. The van der Waals surface area contributed by atoms with Crippen LogP contribution in [0.4, 0.5) is 0 Å². The fraction of sp³-hybridized carbons (Fsp3) is 0.300. The molecule has 0 saturated carbocycles. The van der Waals surface area contributed by atoms with Gasteiger partial charge in [0.25, 0.3) is 5.91 Å². The van der Waals surface area contributed by atoms with E-state index in [1.54, 1.807) is 30.3 Å². The first-order valence-electron chi connectivity index (χ1n) is 8.85. The normalized spacial score (nSPS) is 12.7. The molecule has 0 bridgehead atoms. The van der Waals surface area contributed by atoms with Gasteiger partial charge in [-0.1, -0.05) is 18.5 Å². The SMILES string of the molecule is CCCOc1ccc(C(=O)N/N=C\c2cc(Cl)c3c(c2)OCCO3)cc1OC. The summed E-state index contributed by atoms with van der Waals surface area (Å²) >= 11 is 6.19. The summed E-state index contributed by atoms with van der Waals surface area (Å²) in [5, 5.41) is 4.41. The minimum absolute atomic E-state index is 0.375. The third-order valence-corrected chi connectivity index (χ3v) is 4.17. The summed E-state index contributed by atoms with van der Waals surface area (Å²) in [6.45, 7) is 3.51. The van der Waals surface area contributed by atoms with E-state index in [2.05, 4.69) is 10.5 Å². The first kappa shape index (κ1) is 19.8. The van der Waals surface area contributed by atoms with Crippen molar-refractivity contribution >= 4 is 23.7 Å². The first-order chi connectivity index (χ1) is 13.6. The summed E-state index contributed by atoms with van der Waals surface area (Å²) in [5.41, 5.74) is 3.56. The van der Waals surface area contributed by atoms with Gasteiger partial charge >= 0.3 is 0 Å². The number of hydrogen-bond acceptors (Lipinski definition) is 6. The quantitative estimate of drug-likeness (QED) is 0.562. The van der Waals surface area contributed by atoms with E-state index in [9.17, 15) is 4.79 Å². The highest BCUT2D eigenvalue weighted by Gasteiger charge is 2.16. The van der Waals surface area contributed by atoms with Crippen molar-refractivity contribution in [3.8, 4) is 23.0 Å². The number of amides is 1. The molecule has 0 aliphatic carbocycles. The van der Waals surface area contributed by atoms with Gasteiger partial charge in [0.1, 0.15) is 13.2 Å². The summed E-state index contributed by atoms with van der Waals surface area (Å²) in [7, 11) is 1.53. The number of hydrazone groups is 1. The van der Waals surface area contributed by atoms with Crippen LogP contribution in [0, 0.1) is 0 Å². The van der Waals surface area contributed by atoms with E-state index in [1.807, 2.05) is 6.92 Å². The summed E-state index contributed by atoms with van der Waals surface area (Å²) in [6, 6.07) is 8.40. The fourth-order valence-electron chi connectivity index (χ4n) is 2.58. The number of benzene rings is 2. The fourth-order valence-corrected chi connectivity index (χ4v) is 2.85. The van der Waals surface area contributed by atoms with Crippen LogP contribution >= 0.6 is 11.6 Å². The second-order valence-electron chi connectivity index (χ2n) is 5.94. The van der Waals surface area contributed by atoms with E-state index in [4.69, 9.17) is 30.5 Å². The number of nitrogens with one attached hydrogen (secondary N) is 1. The molecule has 1 N–H and O–H groups in total. The average Bonchev–Trinajstić information content (AvgIpc) is 2.72. The lowest BCUT2D eigenvalue weighted by atomic mass is 10.2. The largest absolute Gasteiger partial charge is 0.493 e. The average molecular weight is 405 g/mol. The molecule has 3 rings (SSSR count). The predicted octanol–water partition coefficient (Wildman–Crippen LogP) is 3.67. The van der Waals surface area contributed by atoms with E-state index in [0.717, 1.165) is 6.42 Å². The molecule has 28 heavy (non-hydrogen) atoms. The molecule has 1 heterocycles. The Kier molecular flexibility index (Phi) is 6.60. The van der Waals surface area contributed by atoms with Gasteiger partial charge in [-0.05, 0) is 42.3 Å². The van der Waals surface area contributed by atoms with Crippen LogP contribution in [0.5, 0.6) is 23.0 Å². The van der Waals surface area contributed by atoms with Crippen molar-refractivity contribution in [1.82, 2.24) is 5.43 Å². The number of rotatable bonds is 7. The zero-order valence-corrected chi connectivity index (χ0v) is 16.4. The first-order valence-corrected chi connectivity index (χ1v) is 9.23. The van der Waals surface area contributed by atoms with Crippen LogP contribution in [0.3, 0.4) is 0 Å². The molecule has 1 amide bonds. The summed E-state index contributed by atoms with van der Waals surface area (Å²) in [4.78, 5) is 12.3. The number of carbonyl (C=O) groups excluding carboxylic acids is 1. The van der Waals surface area contributed by atoms with E-state index in [1.165, 1.54) is 13.3 Å². The van der Waals surface area contributed by atoms with Crippen LogP contribution < -0.4 is 24.4 Å². The topological polar surface area (TPSA) is 78.4 Å². The van der Waals surface area contributed by atoms with Gasteiger partial charge in [0, 0.05) is 5.56 Å². The maximum Gasteiger partial charge on any atom is 0.271 e. The van der Waals surface area contributed by atoms with E-state index < -0.39 is 0 Å². The lowest BCUT2D eigenvalue weighted by molar-refractivity contribution is 0.0954. The number of hydrogen-bond donors (Lipinski definition) is 1. The van der Waals surface area contributed by atoms with Crippen LogP contribution in [-0.4, -0.2) is 39.1 Å². The number of nitrogens with zero attached hydrogens (tertiary/aromatic N) is 1. The molecule has 0 fully saturated rings. The molecule has 0 unspecified atom stereocenters. The van der Waals surface area contributed by atoms with Crippen LogP contribution in [0.2, 0.25) is 5.02 Å². The number of methoxy groups -OCH3 is 1. The third kappa shape index (κ3) is 4.67. The number of halogens is 1. The molecule has 148 valence electrons. The summed E-state index contributed by atoms with van der Waals surface area (Å²) in [5.74, 6) is 1.78. The van der Waals surface area contributed by atoms with E-state index >= 15 is 0 Å². The molecule has 1 aliphatic rings. The van der Waals surface area contributed by atoms with Gasteiger partial charge in [0.05, 0.1) is 25.0 Å². The van der Waals surface area contributed by atoms with Crippen molar-refractivity contribution in [2.24, 2.45) is 5.10 Å². The molecule has 7 nitrogen and oxygen atoms in total. The van der Waals surface area contributed by atoms with Gasteiger partial charge in [-0.2, -0.15) is 5.10 Å². The minimum atomic E-state index is -0.375. The lowest BCUT2D eigenvalue weighted by Gasteiger charge is -2.19. The van der Waals surface area contributed by atoms with Gasteiger partial charge in [0.2, 0.25) is 0 Å². The minimum Gasteiger partial charge on any atom is -0.493 e. The van der Waals surface area contributed by atoms with E-state index in [-0.39, 0.29) is 5.91 Å². The Balaban J connectivity index is 1.67. The van der Waals surface area contributed by atoms with Gasteiger partial charge in [0.15, 0.2) is 23.0 Å². The van der Waals surface area contributed by atoms with Gasteiger partial charge < -0.3 is 18.9 Å². The van der Waals surface area contributed by atoms with Crippen LogP contribution in [0.15, 0.2) is 35.4 Å². The third-order valence-electron chi connectivity index (χ3n) is 3.89. The molecule has 8 heteroatoms. The standard InChI is InChI=1S/C20H21ClN2O5/c1-3-6-26-16-5-4-14(11-17(16)25-2)20(24)23-22-12-13-9-15(21)19-18(10-13)27-7-8-28-19/h4-5,9-12H,3,6-8H2,1-2H3,(H,23,24)/b22-12-. The van der Waals surface area contributed by atoms with Crippen molar-refractivity contribution in [2.45, 2.75) is 13.3 Å². The molecule has 0 aromatic heterocycles. The molecule has 1 aliphatic heterocycles. The highest BCUT2D eigenvalue weighted by Crippen LogP contribution is 2.37. The number of ether oxygens (including phenoxy) is 4. The Hall–Kier alpha value is -2.93. The maximum atomic E-state index is 12.3. The zero-order valence-electron chi connectivity index (χ0n) is 15.7. The number of fused-ring (bicyclic) bond motifs is 1. The molecule has 0 spiro atoms. The Morgan fingerprint density at radius 1 is 1.25 bits per heavy atom. The van der Waals surface area contributed by atoms with Crippen molar-refractivity contribution in [3.63, 3.8) is 0 Å². The van der Waals surface area contributed by atoms with Gasteiger partial charge in [-0.25, -0.2) is 5.43 Å². The molecule has 2 aromatic carbocycles. The molecule has 0 radical (unpaired) electrons. The zero-order chi connectivity index (χ0) is 19.9.